The molecular formula is C3H5BrO2. The summed E-state index contributed by atoms with van der Waals surface area (Å²) in [5, 5.41) is 7.86. The van der Waals surface area contributed by atoms with E-state index in [1.807, 2.05) is 0 Å². The molecule has 0 aromatic carbocycles. The smallest absolute Gasteiger partial charge is 0.304 e. The second-order valence-corrected chi connectivity index (χ2v) is 1.18. The first kappa shape index (κ1) is 3.02. The third-order valence-electron chi connectivity index (χ3n) is 0.218. The second kappa shape index (κ2) is 3.15. The Morgan fingerprint density at radius 2 is 2.67 bits per heavy atom. The van der Waals surface area contributed by atoms with Crippen molar-refractivity contribution in [1.29, 1.82) is 0 Å². The predicted octanol–water partition coefficient (Wildman–Crippen LogP) is 0.856. The molecule has 0 atom stereocenters. The van der Waals surface area contributed by atoms with Crippen molar-refractivity contribution in [1.82, 2.24) is 0 Å². The van der Waals surface area contributed by atoms with Crippen molar-refractivity contribution in [3.05, 3.63) is 0 Å². The molecule has 0 spiro atoms. The number of carboxylic acids is 1. The predicted molar refractivity (Wildman–Crippen MR) is 26.0 cm³/mol. The van der Waals surface area contributed by atoms with Gasteiger partial charge in [-0.15, -0.1) is 0 Å². The molecule has 0 unspecified atom stereocenters. The Hall–Kier alpha value is -0.0500. The molecule has 0 heterocycles. The zero-order chi connectivity index (χ0) is 6.78. The summed E-state index contributed by atoms with van der Waals surface area (Å²) in [6.07, 6.45) is -2.12. The van der Waals surface area contributed by atoms with E-state index >= 15 is 0 Å². The van der Waals surface area contributed by atoms with E-state index in [1.165, 1.54) is 0 Å². The Morgan fingerprint density at radius 3 is 2.67 bits per heavy atom. The van der Waals surface area contributed by atoms with Crippen LogP contribution in [-0.4, -0.2) is 16.4 Å². The summed E-state index contributed by atoms with van der Waals surface area (Å²) in [4.78, 5) is 9.85. The molecule has 0 saturated carbocycles. The summed E-state index contributed by atoms with van der Waals surface area (Å²) in [6, 6.07) is 0. The molecule has 2 nitrogen and oxygen atoms in total. The average molecular weight is 156 g/mol. The Kier molecular flexibility index (Phi) is 1.59. The Labute approximate surface area is 47.1 Å². The Bertz CT molecular complexity index is 103. The van der Waals surface area contributed by atoms with Crippen LogP contribution in [-0.2, 0) is 4.79 Å². The minimum absolute atomic E-state index is 0.171. The van der Waals surface area contributed by atoms with Gasteiger partial charge in [0.15, 0.2) is 0 Å². The number of rotatable bonds is 2. The first-order valence-corrected chi connectivity index (χ1v) is 2.42. The maximum atomic E-state index is 9.85. The lowest BCUT2D eigenvalue weighted by Gasteiger charge is -1.78. The quantitative estimate of drug-likeness (QED) is 0.475. The highest BCUT2D eigenvalue weighted by atomic mass is 79.9. The SMILES string of the molecule is [2H]C([2H])(CBr)[13C](=O)O. The minimum Gasteiger partial charge on any atom is -0.481 e. The van der Waals surface area contributed by atoms with Gasteiger partial charge in [-0.05, 0) is 0 Å². The zero-order valence-electron chi connectivity index (χ0n) is 4.94. The van der Waals surface area contributed by atoms with Crippen molar-refractivity contribution in [2.75, 3.05) is 5.33 Å². The maximum Gasteiger partial charge on any atom is 0.304 e. The van der Waals surface area contributed by atoms with Crippen molar-refractivity contribution in [3.8, 4) is 0 Å². The normalized spacial score (nSPS) is 15.5. The van der Waals surface area contributed by atoms with Gasteiger partial charge in [-0.1, -0.05) is 15.9 Å². The molecule has 36 valence electrons. The van der Waals surface area contributed by atoms with E-state index in [9.17, 15) is 4.79 Å². The molecule has 0 aliphatic rings. The van der Waals surface area contributed by atoms with Crippen LogP contribution < -0.4 is 0 Å². The number of aliphatic carboxylic acids is 1. The molecule has 3 heteroatoms. The third kappa shape index (κ3) is 3.95. The lowest BCUT2D eigenvalue weighted by molar-refractivity contribution is -0.136. The average Bonchev–Trinajstić information content (AvgIpc) is 1.67. The second-order valence-electron chi connectivity index (χ2n) is 0.616. The van der Waals surface area contributed by atoms with Crippen LogP contribution in [0.2, 0.25) is 0 Å². The van der Waals surface area contributed by atoms with E-state index < -0.39 is 12.3 Å². The first-order chi connectivity index (χ1) is 3.50. The number of halogens is 1. The third-order valence-corrected chi connectivity index (χ3v) is 0.498. The summed E-state index contributed by atoms with van der Waals surface area (Å²) in [6.45, 7) is 0. The van der Waals surface area contributed by atoms with Gasteiger partial charge in [0.2, 0.25) is 0 Å². The van der Waals surface area contributed by atoms with Crippen LogP contribution in [0.5, 0.6) is 0 Å². The summed E-state index contributed by atoms with van der Waals surface area (Å²) < 4.78 is 13.3. The molecule has 0 amide bonds. The summed E-state index contributed by atoms with van der Waals surface area (Å²) >= 11 is 2.72. The maximum absolute atomic E-state index is 9.85. The standard InChI is InChI=1S/C3H5BrO2/c4-2-1-3(5)6/h1-2H2,(H,5,6)/i1D2,3+1. The highest BCUT2D eigenvalue weighted by molar-refractivity contribution is 9.09. The van der Waals surface area contributed by atoms with Crippen LogP contribution in [0.3, 0.4) is 0 Å². The van der Waals surface area contributed by atoms with Gasteiger partial charge >= 0.3 is 5.97 Å². The van der Waals surface area contributed by atoms with E-state index in [0.717, 1.165) is 0 Å². The van der Waals surface area contributed by atoms with Crippen molar-refractivity contribution >= 4 is 21.9 Å². The number of carboxylic acid groups (broad SMARTS) is 1. The molecule has 0 aliphatic heterocycles. The van der Waals surface area contributed by atoms with Gasteiger partial charge in [0, 0.05) is 8.07 Å². The fourth-order valence-corrected chi connectivity index (χ4v) is 0.297. The molecule has 6 heavy (non-hydrogen) atoms. The molecular weight excluding hydrogens is 149 g/mol. The number of hydrogen-bond acceptors (Lipinski definition) is 1. The Morgan fingerprint density at radius 1 is 2.17 bits per heavy atom. The number of alkyl halides is 1. The van der Waals surface area contributed by atoms with Gasteiger partial charge in [0.1, 0.15) is 0 Å². The Balaban J connectivity index is 3.91. The van der Waals surface area contributed by atoms with Gasteiger partial charge in [-0.2, -0.15) is 0 Å². The van der Waals surface area contributed by atoms with Crippen molar-refractivity contribution in [2.45, 2.75) is 6.37 Å². The number of carbonyl (C=O) groups is 1. The molecule has 0 radical (unpaired) electrons. The van der Waals surface area contributed by atoms with Crippen LogP contribution >= 0.6 is 15.9 Å². The van der Waals surface area contributed by atoms with Gasteiger partial charge in [0.25, 0.3) is 0 Å². The summed E-state index contributed by atoms with van der Waals surface area (Å²) in [5.74, 6) is -1.44. The van der Waals surface area contributed by atoms with E-state index in [2.05, 4.69) is 15.9 Å². The van der Waals surface area contributed by atoms with Crippen molar-refractivity contribution in [3.63, 3.8) is 0 Å². The lowest BCUT2D eigenvalue weighted by atomic mass is 10.7. The molecule has 0 saturated heterocycles. The molecule has 0 rings (SSSR count). The van der Waals surface area contributed by atoms with Crippen molar-refractivity contribution in [2.24, 2.45) is 0 Å². The first-order valence-electron chi connectivity index (χ1n) is 2.30. The van der Waals surface area contributed by atoms with E-state index in [4.69, 9.17) is 7.85 Å². The van der Waals surface area contributed by atoms with Crippen LogP contribution in [0.25, 0.3) is 0 Å². The van der Waals surface area contributed by atoms with E-state index in [-0.39, 0.29) is 5.33 Å². The van der Waals surface area contributed by atoms with E-state index in [0.29, 0.717) is 0 Å². The molecule has 0 fully saturated rings. The van der Waals surface area contributed by atoms with Crippen LogP contribution in [0.1, 0.15) is 9.11 Å². The number of hydrogen-bond donors (Lipinski definition) is 1. The molecule has 0 aromatic heterocycles. The van der Waals surface area contributed by atoms with Gasteiger partial charge in [-0.3, -0.25) is 4.79 Å². The monoisotopic (exact) mass is 155 g/mol. The van der Waals surface area contributed by atoms with Gasteiger partial charge in [0.05, 0.1) is 6.37 Å². The summed E-state index contributed by atoms with van der Waals surface area (Å²) in [7, 11) is 0. The van der Waals surface area contributed by atoms with Crippen LogP contribution in [0.4, 0.5) is 0 Å². The van der Waals surface area contributed by atoms with Crippen LogP contribution in [0.15, 0.2) is 0 Å². The fraction of sp³-hybridized carbons (Fsp3) is 0.667. The van der Waals surface area contributed by atoms with Crippen molar-refractivity contribution < 1.29 is 12.6 Å². The zero-order valence-corrected chi connectivity index (χ0v) is 4.53. The highest BCUT2D eigenvalue weighted by Gasteiger charge is 1.88. The van der Waals surface area contributed by atoms with E-state index in [1.54, 1.807) is 0 Å². The fourth-order valence-electron chi connectivity index (χ4n) is 0.0572. The largest absolute Gasteiger partial charge is 0.481 e. The topological polar surface area (TPSA) is 37.3 Å². The summed E-state index contributed by atoms with van der Waals surface area (Å²) in [5.41, 5.74) is 0. The van der Waals surface area contributed by atoms with Crippen LogP contribution in [0, 0.1) is 0 Å². The molecule has 0 bridgehead atoms. The minimum atomic E-state index is -2.12. The molecule has 0 aromatic rings. The molecule has 0 aliphatic carbocycles. The molecule has 1 N–H and O–H groups in total. The lowest BCUT2D eigenvalue weighted by Crippen LogP contribution is -1.92. The highest BCUT2D eigenvalue weighted by Crippen LogP contribution is 1.84. The van der Waals surface area contributed by atoms with Gasteiger partial charge in [-0.25, -0.2) is 0 Å². The van der Waals surface area contributed by atoms with Gasteiger partial charge < -0.3 is 5.11 Å².